The van der Waals surface area contributed by atoms with Crippen LogP contribution in [-0.2, 0) is 21.3 Å². The number of benzene rings is 2. The van der Waals surface area contributed by atoms with Gasteiger partial charge in [0, 0.05) is 30.7 Å². The average molecular weight is 500 g/mol. The first-order valence-electron chi connectivity index (χ1n) is 10.6. The van der Waals surface area contributed by atoms with Crippen LogP contribution in [0.4, 0.5) is 11.4 Å². The van der Waals surface area contributed by atoms with E-state index >= 15 is 0 Å². The SMILES string of the molecule is C=CCn1c(O)c(N=NC(=S)Nc2cccc(C)c2)c2cc(S(=O)(=O)N3CCOCC3)ccc21. The number of thiocarbonyl (C=S) groups is 1. The molecule has 34 heavy (non-hydrogen) atoms. The number of aromatic hydroxyl groups is 1. The van der Waals surface area contributed by atoms with Gasteiger partial charge < -0.3 is 19.7 Å². The molecule has 1 fully saturated rings. The van der Waals surface area contributed by atoms with E-state index in [0.29, 0.717) is 30.7 Å². The predicted octanol–water partition coefficient (Wildman–Crippen LogP) is 4.34. The number of azo groups is 1. The van der Waals surface area contributed by atoms with Gasteiger partial charge in [0.25, 0.3) is 0 Å². The minimum absolute atomic E-state index is 0.103. The Morgan fingerprint density at radius 3 is 2.74 bits per heavy atom. The Morgan fingerprint density at radius 1 is 1.26 bits per heavy atom. The Bertz CT molecular complexity index is 1380. The minimum Gasteiger partial charge on any atom is -0.493 e. The number of nitrogens with zero attached hydrogens (tertiary/aromatic N) is 4. The van der Waals surface area contributed by atoms with Crippen molar-refractivity contribution in [3.8, 4) is 5.88 Å². The third kappa shape index (κ3) is 4.87. The summed E-state index contributed by atoms with van der Waals surface area (Å²) in [4.78, 5) is 0.106. The maximum absolute atomic E-state index is 13.2. The molecular weight excluding hydrogens is 474 g/mol. The molecule has 3 aromatic rings. The number of hydrogen-bond donors (Lipinski definition) is 2. The lowest BCUT2D eigenvalue weighted by atomic mass is 10.2. The van der Waals surface area contributed by atoms with Gasteiger partial charge in [-0.1, -0.05) is 18.2 Å². The van der Waals surface area contributed by atoms with E-state index in [4.69, 9.17) is 17.0 Å². The fourth-order valence-electron chi connectivity index (χ4n) is 3.78. The van der Waals surface area contributed by atoms with E-state index in [9.17, 15) is 13.5 Å². The third-order valence-corrected chi connectivity index (χ3v) is 7.49. The van der Waals surface area contributed by atoms with E-state index in [2.05, 4.69) is 22.1 Å². The summed E-state index contributed by atoms with van der Waals surface area (Å²) >= 11 is 5.28. The van der Waals surface area contributed by atoms with Gasteiger partial charge in [-0.05, 0) is 55.0 Å². The van der Waals surface area contributed by atoms with Crippen molar-refractivity contribution in [1.82, 2.24) is 8.87 Å². The van der Waals surface area contributed by atoms with Crippen LogP contribution in [0, 0.1) is 6.92 Å². The molecule has 2 N–H and O–H groups in total. The number of rotatable bonds is 6. The predicted molar refractivity (Wildman–Crippen MR) is 135 cm³/mol. The van der Waals surface area contributed by atoms with E-state index in [-0.39, 0.29) is 34.7 Å². The number of allylic oxidation sites excluding steroid dienone is 1. The maximum Gasteiger partial charge on any atom is 0.243 e. The summed E-state index contributed by atoms with van der Waals surface area (Å²) < 4.78 is 34.6. The normalized spacial score (nSPS) is 15.1. The van der Waals surface area contributed by atoms with Crippen LogP contribution in [0.2, 0.25) is 0 Å². The minimum atomic E-state index is -3.73. The van der Waals surface area contributed by atoms with Crippen molar-refractivity contribution in [3.63, 3.8) is 0 Å². The Hall–Kier alpha value is -3.12. The molecule has 0 saturated carbocycles. The van der Waals surface area contributed by atoms with Gasteiger partial charge >= 0.3 is 0 Å². The summed E-state index contributed by atoms with van der Waals surface area (Å²) in [5.74, 6) is -0.155. The molecular formula is C23H25N5O4S2. The summed E-state index contributed by atoms with van der Waals surface area (Å²) in [6.45, 7) is 7.27. The molecule has 1 aliphatic heterocycles. The second-order valence-electron chi connectivity index (χ2n) is 7.77. The molecule has 1 aromatic heterocycles. The van der Waals surface area contributed by atoms with E-state index in [1.165, 1.54) is 16.4 Å². The van der Waals surface area contributed by atoms with Gasteiger partial charge in [-0.15, -0.1) is 16.8 Å². The Morgan fingerprint density at radius 2 is 2.03 bits per heavy atom. The highest BCUT2D eigenvalue weighted by Crippen LogP contribution is 2.40. The molecule has 0 bridgehead atoms. The molecule has 178 valence electrons. The summed E-state index contributed by atoms with van der Waals surface area (Å²) in [5.41, 5.74) is 2.55. The molecule has 4 rings (SSSR count). The highest BCUT2D eigenvalue weighted by Gasteiger charge is 2.28. The first kappa shape index (κ1) is 24.0. The van der Waals surface area contributed by atoms with Gasteiger partial charge in [-0.3, -0.25) is 0 Å². The lowest BCUT2D eigenvalue weighted by Crippen LogP contribution is -2.40. The largest absolute Gasteiger partial charge is 0.493 e. The number of fused-ring (bicyclic) bond motifs is 1. The van der Waals surface area contributed by atoms with Gasteiger partial charge in [0.2, 0.25) is 21.0 Å². The summed E-state index contributed by atoms with van der Waals surface area (Å²) in [5, 5.41) is 22.6. The Kier molecular flexibility index (Phi) is 7.08. The average Bonchev–Trinajstić information content (AvgIpc) is 3.08. The highest BCUT2D eigenvalue weighted by molar-refractivity contribution is 7.89. The van der Waals surface area contributed by atoms with E-state index in [1.807, 2.05) is 31.2 Å². The molecule has 0 amide bonds. The van der Waals surface area contributed by atoms with Crippen molar-refractivity contribution in [2.24, 2.45) is 10.2 Å². The second kappa shape index (κ2) is 10.0. The molecule has 0 aliphatic carbocycles. The molecule has 2 heterocycles. The van der Waals surface area contributed by atoms with Crippen LogP contribution >= 0.6 is 12.2 Å². The van der Waals surface area contributed by atoms with Crippen molar-refractivity contribution in [3.05, 3.63) is 60.7 Å². The quantitative estimate of drug-likeness (QED) is 0.297. The molecule has 0 spiro atoms. The molecule has 9 nitrogen and oxygen atoms in total. The van der Waals surface area contributed by atoms with E-state index < -0.39 is 10.0 Å². The third-order valence-electron chi connectivity index (χ3n) is 5.41. The van der Waals surface area contributed by atoms with Gasteiger partial charge in [0.15, 0.2) is 5.69 Å². The molecule has 0 unspecified atom stereocenters. The number of morpholine rings is 1. The van der Waals surface area contributed by atoms with Crippen LogP contribution in [0.5, 0.6) is 5.88 Å². The molecule has 11 heteroatoms. The van der Waals surface area contributed by atoms with E-state index in [1.54, 1.807) is 16.7 Å². The number of sulfonamides is 1. The lowest BCUT2D eigenvalue weighted by Gasteiger charge is -2.26. The van der Waals surface area contributed by atoms with Crippen LogP contribution in [0.1, 0.15) is 5.56 Å². The van der Waals surface area contributed by atoms with Crippen LogP contribution in [-0.4, -0.2) is 53.8 Å². The summed E-state index contributed by atoms with van der Waals surface area (Å²) in [6.07, 6.45) is 1.63. The Balaban J connectivity index is 1.71. The number of ether oxygens (including phenoxy) is 1. The van der Waals surface area contributed by atoms with Crippen molar-refractivity contribution in [2.45, 2.75) is 18.4 Å². The number of aryl methyl sites for hydroxylation is 1. The number of anilines is 1. The van der Waals surface area contributed by atoms with E-state index in [0.717, 1.165) is 11.3 Å². The van der Waals surface area contributed by atoms with Crippen molar-refractivity contribution >= 4 is 49.6 Å². The van der Waals surface area contributed by atoms with Crippen LogP contribution in [0.15, 0.2) is 70.2 Å². The first-order chi connectivity index (χ1) is 16.3. The standard InChI is InChI=1S/C23H25N5O4S2/c1-3-9-28-20-8-7-18(34(30,31)27-10-12-32-13-11-27)15-19(20)21(22(28)29)25-26-23(33)24-17-6-4-5-16(2)14-17/h3-8,14-15,29H,1,9-13H2,2H3,(H,24,33). The van der Waals surface area contributed by atoms with Crippen LogP contribution in [0.25, 0.3) is 10.9 Å². The fourth-order valence-corrected chi connectivity index (χ4v) is 5.37. The smallest absolute Gasteiger partial charge is 0.243 e. The second-order valence-corrected chi connectivity index (χ2v) is 10.1. The topological polar surface area (TPSA) is 109 Å². The van der Waals surface area contributed by atoms with Crippen LogP contribution in [0.3, 0.4) is 0 Å². The number of hydrogen-bond acceptors (Lipinski definition) is 6. The number of nitrogens with one attached hydrogen (secondary N) is 1. The van der Waals surface area contributed by atoms with Gasteiger partial charge in [0.1, 0.15) is 0 Å². The molecule has 0 atom stereocenters. The van der Waals surface area contributed by atoms with Crippen molar-refractivity contribution in [2.75, 3.05) is 31.6 Å². The monoisotopic (exact) mass is 499 g/mol. The molecule has 2 aromatic carbocycles. The van der Waals surface area contributed by atoms with Gasteiger partial charge in [0.05, 0.1) is 23.6 Å². The zero-order valence-corrected chi connectivity index (χ0v) is 20.3. The summed E-state index contributed by atoms with van der Waals surface area (Å²) in [7, 11) is -3.73. The first-order valence-corrected chi connectivity index (χ1v) is 12.5. The highest BCUT2D eigenvalue weighted by atomic mass is 32.2. The zero-order valence-electron chi connectivity index (χ0n) is 18.6. The summed E-state index contributed by atoms with van der Waals surface area (Å²) in [6, 6.07) is 12.3. The number of aromatic nitrogens is 1. The molecule has 0 radical (unpaired) electrons. The lowest BCUT2D eigenvalue weighted by molar-refractivity contribution is 0.0730. The van der Waals surface area contributed by atoms with Crippen molar-refractivity contribution in [1.29, 1.82) is 0 Å². The van der Waals surface area contributed by atoms with Gasteiger partial charge in [-0.2, -0.15) is 4.31 Å². The van der Waals surface area contributed by atoms with Gasteiger partial charge in [-0.25, -0.2) is 8.42 Å². The van der Waals surface area contributed by atoms with Crippen molar-refractivity contribution < 1.29 is 18.3 Å². The molecule has 1 saturated heterocycles. The Labute approximate surface area is 203 Å². The fraction of sp³-hybridized carbons (Fsp3) is 0.261. The molecule has 1 aliphatic rings. The maximum atomic E-state index is 13.2. The zero-order chi connectivity index (χ0) is 24.3. The van der Waals surface area contributed by atoms with Crippen LogP contribution < -0.4 is 5.32 Å².